The molecule has 3 fully saturated rings. The van der Waals surface area contributed by atoms with Crippen molar-refractivity contribution >= 4 is 11.7 Å². The van der Waals surface area contributed by atoms with E-state index in [0.29, 0.717) is 0 Å². The molecule has 2 atom stereocenters. The molecule has 90 valence electrons. The summed E-state index contributed by atoms with van der Waals surface area (Å²) in [4.78, 5) is 25.1. The Morgan fingerprint density at radius 1 is 1.56 bits per heavy atom. The van der Waals surface area contributed by atoms with Crippen molar-refractivity contribution in [2.45, 2.75) is 32.0 Å². The number of nitrogens with one attached hydrogen (secondary N) is 1. The number of rotatable bonds is 3. The van der Waals surface area contributed by atoms with Crippen molar-refractivity contribution in [1.82, 2.24) is 10.2 Å². The van der Waals surface area contributed by atoms with Crippen LogP contribution in [0, 0.1) is 5.92 Å². The molecule has 0 aromatic carbocycles. The van der Waals surface area contributed by atoms with E-state index < -0.39 is 12.1 Å². The Morgan fingerprint density at radius 2 is 2.19 bits per heavy atom. The minimum absolute atomic E-state index is 0.162. The number of Topliss-reactive ketones (excluding diaryl/α,β-unsaturated/α-hetero) is 1. The summed E-state index contributed by atoms with van der Waals surface area (Å²) >= 11 is 0. The molecule has 3 saturated heterocycles. The van der Waals surface area contributed by atoms with Crippen molar-refractivity contribution in [1.29, 1.82) is 0 Å². The van der Waals surface area contributed by atoms with Crippen LogP contribution in [0.4, 0.5) is 4.39 Å². The molecule has 0 saturated carbocycles. The van der Waals surface area contributed by atoms with E-state index in [1.807, 2.05) is 0 Å². The Morgan fingerprint density at radius 3 is 2.69 bits per heavy atom. The molecule has 1 N–H and O–H groups in total. The smallest absolute Gasteiger partial charge is 0.254 e. The van der Waals surface area contributed by atoms with Crippen molar-refractivity contribution in [3.8, 4) is 0 Å². The van der Waals surface area contributed by atoms with Crippen molar-refractivity contribution in [2.75, 3.05) is 19.6 Å². The van der Waals surface area contributed by atoms with E-state index in [1.165, 1.54) is 6.92 Å². The van der Waals surface area contributed by atoms with Crippen LogP contribution < -0.4 is 5.32 Å². The predicted octanol–water partition coefficient (Wildman–Crippen LogP) is 0.124. The lowest BCUT2D eigenvalue weighted by Crippen LogP contribution is -2.59. The molecule has 0 aromatic heterocycles. The van der Waals surface area contributed by atoms with E-state index in [0.717, 1.165) is 25.9 Å². The summed E-state index contributed by atoms with van der Waals surface area (Å²) in [6.45, 7) is 3.29. The lowest BCUT2D eigenvalue weighted by Gasteiger charge is -2.44. The summed E-state index contributed by atoms with van der Waals surface area (Å²) in [6.07, 6.45) is 0.358. The second kappa shape index (κ2) is 4.49. The molecular weight excluding hydrogens is 211 g/mol. The highest BCUT2D eigenvalue weighted by atomic mass is 19.1. The maximum Gasteiger partial charge on any atom is 0.254 e. The predicted molar refractivity (Wildman–Crippen MR) is 56.7 cm³/mol. The third-order valence-corrected chi connectivity index (χ3v) is 3.53. The fourth-order valence-electron chi connectivity index (χ4n) is 2.52. The molecule has 1 amide bonds. The summed E-state index contributed by atoms with van der Waals surface area (Å²) < 4.78 is 12.6. The standard InChI is InChI=1S/C11H17FN2O2/c1-7(12)11(16)13-6-9-10(15)8-2-4-14(9)5-3-8/h7-9H,2-6H2,1H3,(H,13,16). The molecule has 2 unspecified atom stereocenters. The third-order valence-electron chi connectivity index (χ3n) is 3.53. The largest absolute Gasteiger partial charge is 0.352 e. The molecule has 4 nitrogen and oxygen atoms in total. The maximum absolute atomic E-state index is 12.6. The topological polar surface area (TPSA) is 49.4 Å². The number of fused-ring (bicyclic) bond motifs is 3. The summed E-state index contributed by atoms with van der Waals surface area (Å²) in [5, 5.41) is 2.49. The lowest BCUT2D eigenvalue weighted by atomic mass is 9.82. The number of carbonyl (C=O) groups excluding carboxylic acids is 2. The van der Waals surface area contributed by atoms with Gasteiger partial charge in [0.1, 0.15) is 0 Å². The van der Waals surface area contributed by atoms with Gasteiger partial charge in [-0.1, -0.05) is 0 Å². The zero-order chi connectivity index (χ0) is 11.7. The molecule has 3 heterocycles. The first-order chi connectivity index (χ1) is 7.59. The number of hydrogen-bond donors (Lipinski definition) is 1. The van der Waals surface area contributed by atoms with Crippen LogP contribution in [0.2, 0.25) is 0 Å². The van der Waals surface area contributed by atoms with Gasteiger partial charge in [0.2, 0.25) is 0 Å². The van der Waals surface area contributed by atoms with E-state index in [2.05, 4.69) is 10.2 Å². The molecule has 0 radical (unpaired) electrons. The number of piperidine rings is 3. The monoisotopic (exact) mass is 228 g/mol. The summed E-state index contributed by atoms with van der Waals surface area (Å²) in [7, 11) is 0. The van der Waals surface area contributed by atoms with Gasteiger partial charge in [-0.2, -0.15) is 0 Å². The van der Waals surface area contributed by atoms with Gasteiger partial charge >= 0.3 is 0 Å². The molecule has 3 rings (SSSR count). The summed E-state index contributed by atoms with van der Waals surface area (Å²) in [5.41, 5.74) is 0. The van der Waals surface area contributed by atoms with Crippen LogP contribution in [-0.2, 0) is 9.59 Å². The van der Waals surface area contributed by atoms with Gasteiger partial charge in [-0.3, -0.25) is 14.5 Å². The lowest BCUT2D eigenvalue weighted by molar-refractivity contribution is -0.137. The summed E-state index contributed by atoms with van der Waals surface area (Å²) in [6, 6.07) is -0.227. The van der Waals surface area contributed by atoms with Gasteiger partial charge in [0.05, 0.1) is 6.04 Å². The second-order valence-corrected chi connectivity index (χ2v) is 4.59. The molecule has 0 aliphatic carbocycles. The van der Waals surface area contributed by atoms with Gasteiger partial charge in [-0.05, 0) is 32.9 Å². The van der Waals surface area contributed by atoms with E-state index >= 15 is 0 Å². The van der Waals surface area contributed by atoms with E-state index in [1.54, 1.807) is 0 Å². The van der Waals surface area contributed by atoms with Crippen molar-refractivity contribution < 1.29 is 14.0 Å². The van der Waals surface area contributed by atoms with Crippen LogP contribution in [0.3, 0.4) is 0 Å². The zero-order valence-electron chi connectivity index (χ0n) is 9.41. The molecule has 5 heteroatoms. The Balaban J connectivity index is 1.90. The highest BCUT2D eigenvalue weighted by Gasteiger charge is 2.40. The van der Waals surface area contributed by atoms with Gasteiger partial charge < -0.3 is 5.32 Å². The van der Waals surface area contributed by atoms with E-state index in [9.17, 15) is 14.0 Å². The SMILES string of the molecule is CC(F)C(=O)NCC1C(=O)C2CCN1CC2. The zero-order valence-corrected chi connectivity index (χ0v) is 9.41. The second-order valence-electron chi connectivity index (χ2n) is 4.59. The van der Waals surface area contributed by atoms with Gasteiger partial charge in [-0.15, -0.1) is 0 Å². The van der Waals surface area contributed by atoms with Gasteiger partial charge in [0.25, 0.3) is 5.91 Å². The molecule has 3 aliphatic rings. The van der Waals surface area contributed by atoms with Crippen LogP contribution in [0.5, 0.6) is 0 Å². The molecule has 16 heavy (non-hydrogen) atoms. The first kappa shape index (κ1) is 11.5. The van der Waals surface area contributed by atoms with E-state index in [4.69, 9.17) is 0 Å². The Kier molecular flexibility index (Phi) is 3.23. The quantitative estimate of drug-likeness (QED) is 0.746. The maximum atomic E-state index is 12.6. The van der Waals surface area contributed by atoms with Crippen molar-refractivity contribution in [3.05, 3.63) is 0 Å². The van der Waals surface area contributed by atoms with Crippen LogP contribution in [0.15, 0.2) is 0 Å². The van der Waals surface area contributed by atoms with Gasteiger partial charge in [-0.25, -0.2) is 4.39 Å². The van der Waals surface area contributed by atoms with Gasteiger partial charge in [0, 0.05) is 12.5 Å². The Bertz CT molecular complexity index is 298. The number of amides is 1. The van der Waals surface area contributed by atoms with Crippen LogP contribution in [-0.4, -0.2) is 48.4 Å². The number of ketones is 1. The number of halogens is 1. The Hall–Kier alpha value is -0.970. The van der Waals surface area contributed by atoms with Crippen LogP contribution in [0.1, 0.15) is 19.8 Å². The summed E-state index contributed by atoms with van der Waals surface area (Å²) in [5.74, 6) is -0.255. The van der Waals surface area contributed by atoms with Crippen LogP contribution in [0.25, 0.3) is 0 Å². The highest BCUT2D eigenvalue weighted by molar-refractivity contribution is 5.89. The molecule has 3 aliphatic heterocycles. The fourth-order valence-corrected chi connectivity index (χ4v) is 2.52. The first-order valence-electron chi connectivity index (χ1n) is 5.79. The average Bonchev–Trinajstić information content (AvgIpc) is 2.28. The normalized spacial score (nSPS) is 34.9. The molecule has 0 spiro atoms. The molecular formula is C11H17FN2O2. The highest BCUT2D eigenvalue weighted by Crippen LogP contribution is 2.28. The number of alkyl halides is 1. The van der Waals surface area contributed by atoms with Gasteiger partial charge in [0.15, 0.2) is 12.0 Å². The minimum atomic E-state index is -1.51. The number of hydrogen-bond acceptors (Lipinski definition) is 3. The first-order valence-corrected chi connectivity index (χ1v) is 5.79. The molecule has 2 bridgehead atoms. The van der Waals surface area contributed by atoms with Crippen LogP contribution >= 0.6 is 0 Å². The fraction of sp³-hybridized carbons (Fsp3) is 0.818. The molecule has 0 aromatic rings. The van der Waals surface area contributed by atoms with Crippen molar-refractivity contribution in [2.24, 2.45) is 5.92 Å². The van der Waals surface area contributed by atoms with E-state index in [-0.39, 0.29) is 24.3 Å². The average molecular weight is 228 g/mol. The third kappa shape index (κ3) is 2.09. The minimum Gasteiger partial charge on any atom is -0.352 e. The number of nitrogens with zero attached hydrogens (tertiary/aromatic N) is 1. The Labute approximate surface area is 94.2 Å². The number of carbonyl (C=O) groups is 2. The van der Waals surface area contributed by atoms with Crippen molar-refractivity contribution in [3.63, 3.8) is 0 Å².